The van der Waals surface area contributed by atoms with Crippen molar-refractivity contribution in [2.75, 3.05) is 40.3 Å². The van der Waals surface area contributed by atoms with E-state index in [1.807, 2.05) is 36.4 Å². The molecule has 9 nitrogen and oxygen atoms in total. The Bertz CT molecular complexity index is 1070. The van der Waals surface area contributed by atoms with Crippen LogP contribution < -0.4 is 21.5 Å². The molecule has 0 unspecified atom stereocenters. The van der Waals surface area contributed by atoms with Gasteiger partial charge in [0.1, 0.15) is 0 Å². The zero-order valence-electron chi connectivity index (χ0n) is 17.8. The van der Waals surface area contributed by atoms with E-state index in [-0.39, 0.29) is 17.6 Å². The maximum Gasteiger partial charge on any atom is 0.264 e. The summed E-state index contributed by atoms with van der Waals surface area (Å²) in [4.78, 5) is 14.5. The highest BCUT2D eigenvalue weighted by Crippen LogP contribution is 2.22. The highest BCUT2D eigenvalue weighted by atomic mass is 79.9. The van der Waals surface area contributed by atoms with Crippen molar-refractivity contribution >= 4 is 57.1 Å². The van der Waals surface area contributed by atoms with Crippen molar-refractivity contribution in [2.45, 2.75) is 19.0 Å². The molecule has 1 amide bonds. The Balaban J connectivity index is 1.52. The average Bonchev–Trinajstić information content (AvgIpc) is 3.15. The molecule has 3 aromatic rings. The number of benzene rings is 2. The molecular formula is C21H25BrN8OS. The molecule has 0 radical (unpaired) electrons. The van der Waals surface area contributed by atoms with Crippen LogP contribution in [0.25, 0.3) is 0 Å². The van der Waals surface area contributed by atoms with E-state index in [9.17, 15) is 4.79 Å². The highest BCUT2D eigenvalue weighted by Gasteiger charge is 2.12. The summed E-state index contributed by atoms with van der Waals surface area (Å²) in [5.41, 5.74) is 5.60. The fourth-order valence-electron chi connectivity index (χ4n) is 2.86. The number of carbonyl (C=O) groups is 1. The predicted molar refractivity (Wildman–Crippen MR) is 135 cm³/mol. The maximum atomic E-state index is 12.2. The summed E-state index contributed by atoms with van der Waals surface area (Å²) >= 11 is 4.58. The number of thioether (sulfide) groups is 1. The molecule has 0 saturated carbocycles. The summed E-state index contributed by atoms with van der Waals surface area (Å²) in [5.74, 6) is 6.25. The normalized spacial score (nSPS) is 11.0. The molecule has 2 aromatic carbocycles. The number of aromatic nitrogens is 3. The molecule has 0 bridgehead atoms. The van der Waals surface area contributed by atoms with Crippen LogP contribution in [0, 0.1) is 0 Å². The van der Waals surface area contributed by atoms with Crippen molar-refractivity contribution in [1.29, 1.82) is 0 Å². The minimum absolute atomic E-state index is 0.138. The first-order valence-electron chi connectivity index (χ1n) is 10.0. The Hall–Kier alpha value is -3.05. The van der Waals surface area contributed by atoms with Gasteiger partial charge in [-0.25, -0.2) is 10.1 Å². The number of nitrogens with two attached hydrogens (primary N) is 1. The number of hydrogen-bond donors (Lipinski definition) is 3. The van der Waals surface area contributed by atoms with Gasteiger partial charge in [0.2, 0.25) is 11.1 Å². The first kappa shape index (κ1) is 23.6. The molecule has 0 aliphatic carbocycles. The van der Waals surface area contributed by atoms with Crippen LogP contribution in [0.3, 0.4) is 0 Å². The highest BCUT2D eigenvalue weighted by molar-refractivity contribution is 9.10. The number of anilines is 3. The zero-order valence-corrected chi connectivity index (χ0v) is 20.2. The van der Waals surface area contributed by atoms with E-state index in [0.717, 1.165) is 23.1 Å². The van der Waals surface area contributed by atoms with Gasteiger partial charge >= 0.3 is 0 Å². The molecule has 3 rings (SSSR count). The van der Waals surface area contributed by atoms with Crippen LogP contribution in [0.5, 0.6) is 0 Å². The van der Waals surface area contributed by atoms with Crippen LogP contribution in [0.15, 0.2) is 63.3 Å². The smallest absolute Gasteiger partial charge is 0.264 e. The van der Waals surface area contributed by atoms with E-state index in [1.165, 1.54) is 22.1 Å². The second-order valence-electron chi connectivity index (χ2n) is 6.63. The summed E-state index contributed by atoms with van der Waals surface area (Å²) in [5, 5.41) is 15.4. The number of hydrogen-bond acceptors (Lipinski definition) is 8. The minimum Gasteiger partial charge on any atom is -0.372 e. The second kappa shape index (κ2) is 11.5. The third-order valence-corrected chi connectivity index (χ3v) is 6.18. The van der Waals surface area contributed by atoms with E-state index in [2.05, 4.69) is 72.9 Å². The summed E-state index contributed by atoms with van der Waals surface area (Å²) in [7, 11) is 0. The Morgan fingerprint density at radius 3 is 2.59 bits per heavy atom. The SMILES string of the molecule is CCN(CC)c1ccc(/C=N/Nc2nnc(SCC(=O)Nc3ccccc3Br)n2N)cc1. The summed E-state index contributed by atoms with van der Waals surface area (Å²) in [6, 6.07) is 15.5. The van der Waals surface area contributed by atoms with Crippen molar-refractivity contribution in [1.82, 2.24) is 14.9 Å². The van der Waals surface area contributed by atoms with Gasteiger partial charge in [-0.1, -0.05) is 36.0 Å². The first-order valence-corrected chi connectivity index (χ1v) is 11.8. The average molecular weight is 517 g/mol. The zero-order chi connectivity index (χ0) is 22.9. The largest absolute Gasteiger partial charge is 0.372 e. The van der Waals surface area contributed by atoms with Crippen LogP contribution in [-0.2, 0) is 4.79 Å². The lowest BCUT2D eigenvalue weighted by Crippen LogP contribution is -2.21. The maximum absolute atomic E-state index is 12.2. The standard InChI is InChI=1S/C21H25BrN8OS/c1-3-29(4-2)16-11-9-15(10-12-16)13-24-26-20-27-28-21(30(20)23)32-14-19(31)25-18-8-6-5-7-17(18)22/h5-13H,3-4,14,23H2,1-2H3,(H,25,31)(H,26,27)/b24-13+. The summed E-state index contributed by atoms with van der Waals surface area (Å²) in [6.07, 6.45) is 1.68. The van der Waals surface area contributed by atoms with Crippen molar-refractivity contribution in [3.05, 3.63) is 58.6 Å². The number of nitrogens with zero attached hydrogens (tertiary/aromatic N) is 5. The molecule has 11 heteroatoms. The number of carbonyl (C=O) groups excluding carboxylic acids is 1. The molecule has 0 fully saturated rings. The molecule has 1 heterocycles. The fraction of sp³-hybridized carbons (Fsp3) is 0.238. The molecule has 168 valence electrons. The summed E-state index contributed by atoms with van der Waals surface area (Å²) in [6.45, 7) is 6.19. The third-order valence-electron chi connectivity index (χ3n) is 4.54. The second-order valence-corrected chi connectivity index (χ2v) is 8.42. The molecule has 1 aromatic heterocycles. The lowest BCUT2D eigenvalue weighted by atomic mass is 10.2. The molecule has 0 aliphatic heterocycles. The number of nitrogen functional groups attached to an aromatic ring is 1. The van der Waals surface area contributed by atoms with Crippen molar-refractivity contribution in [2.24, 2.45) is 5.10 Å². The van der Waals surface area contributed by atoms with Crippen molar-refractivity contribution in [3.63, 3.8) is 0 Å². The van der Waals surface area contributed by atoms with E-state index in [1.54, 1.807) is 6.21 Å². The van der Waals surface area contributed by atoms with Gasteiger partial charge in [-0.15, -0.1) is 10.2 Å². The van der Waals surface area contributed by atoms with E-state index < -0.39 is 0 Å². The van der Waals surface area contributed by atoms with E-state index in [0.29, 0.717) is 10.8 Å². The van der Waals surface area contributed by atoms with Crippen molar-refractivity contribution < 1.29 is 4.79 Å². The van der Waals surface area contributed by atoms with Crippen molar-refractivity contribution in [3.8, 4) is 0 Å². The van der Waals surface area contributed by atoms with Crippen LogP contribution in [0.1, 0.15) is 19.4 Å². The Labute approximate surface area is 199 Å². The molecule has 0 atom stereocenters. The predicted octanol–water partition coefficient (Wildman–Crippen LogP) is 3.78. The van der Waals surface area contributed by atoms with Gasteiger partial charge in [0.05, 0.1) is 17.7 Å². The molecule has 0 aliphatic rings. The van der Waals surface area contributed by atoms with E-state index >= 15 is 0 Å². The van der Waals surface area contributed by atoms with Gasteiger partial charge in [0.25, 0.3) is 5.95 Å². The number of nitrogens with one attached hydrogen (secondary N) is 2. The van der Waals surface area contributed by atoms with Crippen LogP contribution in [0.4, 0.5) is 17.3 Å². The molecule has 0 saturated heterocycles. The molecule has 0 spiro atoms. The van der Waals surface area contributed by atoms with E-state index in [4.69, 9.17) is 5.84 Å². The lowest BCUT2D eigenvalue weighted by Gasteiger charge is -2.20. The van der Waals surface area contributed by atoms with Crippen LogP contribution >= 0.6 is 27.7 Å². The Morgan fingerprint density at radius 2 is 1.91 bits per heavy atom. The number of rotatable bonds is 10. The van der Waals surface area contributed by atoms with Gasteiger partial charge in [0.15, 0.2) is 0 Å². The van der Waals surface area contributed by atoms with Gasteiger partial charge in [-0.3, -0.25) is 4.79 Å². The van der Waals surface area contributed by atoms with Crippen LogP contribution in [0.2, 0.25) is 0 Å². The minimum atomic E-state index is -0.175. The molecule has 32 heavy (non-hydrogen) atoms. The first-order chi connectivity index (χ1) is 15.5. The Morgan fingerprint density at radius 1 is 1.19 bits per heavy atom. The molecule has 4 N–H and O–H groups in total. The van der Waals surface area contributed by atoms with Gasteiger partial charge < -0.3 is 16.1 Å². The topological polar surface area (TPSA) is 113 Å². The Kier molecular flexibility index (Phi) is 8.51. The number of para-hydroxylation sites is 1. The number of halogens is 1. The quantitative estimate of drug-likeness (QED) is 0.162. The number of amides is 1. The van der Waals surface area contributed by atoms with Gasteiger partial charge in [-0.05, 0) is 59.6 Å². The fourth-order valence-corrected chi connectivity index (χ4v) is 3.90. The third kappa shape index (κ3) is 6.24. The van der Waals surface area contributed by atoms with Gasteiger partial charge in [0, 0.05) is 23.2 Å². The van der Waals surface area contributed by atoms with Gasteiger partial charge in [-0.2, -0.15) is 5.10 Å². The summed E-state index contributed by atoms with van der Waals surface area (Å²) < 4.78 is 2.07. The monoisotopic (exact) mass is 516 g/mol. The number of hydrazone groups is 1. The molecular weight excluding hydrogens is 492 g/mol. The lowest BCUT2D eigenvalue weighted by molar-refractivity contribution is -0.113. The van der Waals surface area contributed by atoms with Crippen LogP contribution in [-0.4, -0.2) is 45.8 Å².